The van der Waals surface area contributed by atoms with Gasteiger partial charge in [0.25, 0.3) is 10.0 Å². The van der Waals surface area contributed by atoms with Crippen LogP contribution in [0.1, 0.15) is 42.5 Å². The summed E-state index contributed by atoms with van der Waals surface area (Å²) in [7, 11) is -0.155. The van der Waals surface area contributed by atoms with Gasteiger partial charge in [-0.1, -0.05) is 12.1 Å². The molecule has 2 heterocycles. The van der Waals surface area contributed by atoms with Gasteiger partial charge in [0.1, 0.15) is 5.69 Å². The van der Waals surface area contributed by atoms with Gasteiger partial charge in [-0.2, -0.15) is 0 Å². The van der Waals surface area contributed by atoms with Crippen LogP contribution in [-0.4, -0.2) is 58.3 Å². The Kier molecular flexibility index (Phi) is 6.50. The standard InChI is InChI=1S/C23H31N3O4S/c1-4-30-19-13-18(14-19)16-5-7-20(8-6-16)31(27,28)25-22-15-17-9-11-26(2)12-10-21(17)24-23(22)29-3/h5-8,15,18-19,25H,4,9-14H2,1-3H3. The maximum Gasteiger partial charge on any atom is 0.262 e. The summed E-state index contributed by atoms with van der Waals surface area (Å²) in [6, 6.07) is 9.02. The Balaban J connectivity index is 1.51. The third-order valence-corrected chi connectivity index (χ3v) is 7.63. The molecule has 1 fully saturated rings. The molecule has 168 valence electrons. The van der Waals surface area contributed by atoms with Crippen LogP contribution in [0.25, 0.3) is 0 Å². The van der Waals surface area contributed by atoms with Crippen molar-refractivity contribution in [2.45, 2.75) is 49.5 Å². The Hall–Kier alpha value is -2.16. The first kappa shape index (κ1) is 22.0. The van der Waals surface area contributed by atoms with Crippen LogP contribution >= 0.6 is 0 Å². The van der Waals surface area contributed by atoms with Gasteiger partial charge in [0, 0.05) is 31.8 Å². The molecule has 7 nitrogen and oxygen atoms in total. The smallest absolute Gasteiger partial charge is 0.262 e. The van der Waals surface area contributed by atoms with Crippen LogP contribution in [0.4, 0.5) is 5.69 Å². The molecule has 2 aliphatic rings. The molecule has 1 aromatic carbocycles. The molecule has 0 saturated heterocycles. The molecule has 8 heteroatoms. The van der Waals surface area contributed by atoms with Crippen LogP contribution < -0.4 is 9.46 Å². The van der Waals surface area contributed by atoms with Gasteiger partial charge < -0.3 is 14.4 Å². The molecule has 1 aliphatic carbocycles. The van der Waals surface area contributed by atoms with Gasteiger partial charge in [0.15, 0.2) is 0 Å². The average Bonchev–Trinajstić information content (AvgIpc) is 2.91. The number of ether oxygens (including phenoxy) is 2. The number of anilines is 1. The zero-order valence-electron chi connectivity index (χ0n) is 18.4. The number of sulfonamides is 1. The summed E-state index contributed by atoms with van der Waals surface area (Å²) in [5.41, 5.74) is 3.57. The molecule has 1 aliphatic heterocycles. The second-order valence-corrected chi connectivity index (χ2v) is 10.1. The molecule has 4 rings (SSSR count). The molecule has 2 aromatic rings. The molecular formula is C23H31N3O4S. The van der Waals surface area contributed by atoms with Crippen molar-refractivity contribution in [1.82, 2.24) is 9.88 Å². The Morgan fingerprint density at radius 1 is 1.16 bits per heavy atom. The Labute approximate surface area is 184 Å². The van der Waals surface area contributed by atoms with E-state index in [9.17, 15) is 8.42 Å². The van der Waals surface area contributed by atoms with E-state index < -0.39 is 10.0 Å². The van der Waals surface area contributed by atoms with Gasteiger partial charge in [-0.05, 0) is 68.5 Å². The number of benzene rings is 1. The first-order valence-electron chi connectivity index (χ1n) is 10.9. The lowest BCUT2D eigenvalue weighted by Crippen LogP contribution is -2.29. The van der Waals surface area contributed by atoms with Crippen molar-refractivity contribution in [3.8, 4) is 5.88 Å². The number of hydrogen-bond donors (Lipinski definition) is 1. The Morgan fingerprint density at radius 3 is 2.55 bits per heavy atom. The highest BCUT2D eigenvalue weighted by atomic mass is 32.2. The quantitative estimate of drug-likeness (QED) is 0.705. The Bertz CT molecular complexity index is 1020. The minimum absolute atomic E-state index is 0.230. The lowest BCUT2D eigenvalue weighted by molar-refractivity contribution is -0.00319. The number of aromatic nitrogens is 1. The van der Waals surface area contributed by atoms with Crippen molar-refractivity contribution >= 4 is 15.7 Å². The number of methoxy groups -OCH3 is 1. The second-order valence-electron chi connectivity index (χ2n) is 8.37. The van der Waals surface area contributed by atoms with Crippen molar-refractivity contribution < 1.29 is 17.9 Å². The fraction of sp³-hybridized carbons (Fsp3) is 0.522. The predicted octanol–water partition coefficient (Wildman–Crippen LogP) is 3.20. The molecule has 31 heavy (non-hydrogen) atoms. The normalized spacial score (nSPS) is 21.6. The van der Waals surface area contributed by atoms with Crippen molar-refractivity contribution in [2.24, 2.45) is 0 Å². The SMILES string of the molecule is CCOC1CC(c2ccc(S(=O)(=O)Nc3cc4c(nc3OC)CCN(C)CC4)cc2)C1. The number of pyridine rings is 1. The fourth-order valence-electron chi connectivity index (χ4n) is 4.29. The number of hydrogen-bond acceptors (Lipinski definition) is 6. The number of likely N-dealkylation sites (N-methyl/N-ethyl adjacent to an activating group) is 1. The van der Waals surface area contributed by atoms with Crippen LogP contribution in [-0.2, 0) is 27.6 Å². The lowest BCUT2D eigenvalue weighted by Gasteiger charge is -2.35. The lowest BCUT2D eigenvalue weighted by atomic mass is 9.77. The van der Waals surface area contributed by atoms with Crippen LogP contribution in [0.15, 0.2) is 35.2 Å². The summed E-state index contributed by atoms with van der Waals surface area (Å²) in [5, 5.41) is 0. The van der Waals surface area contributed by atoms with Gasteiger partial charge in [-0.25, -0.2) is 13.4 Å². The van der Waals surface area contributed by atoms with E-state index in [1.54, 1.807) is 12.1 Å². The highest BCUT2D eigenvalue weighted by Crippen LogP contribution is 2.39. The molecule has 0 radical (unpaired) electrons. The first-order valence-corrected chi connectivity index (χ1v) is 12.4. The van der Waals surface area contributed by atoms with Gasteiger partial charge in [0.05, 0.1) is 18.1 Å². The summed E-state index contributed by atoms with van der Waals surface area (Å²) in [6.45, 7) is 4.58. The van der Waals surface area contributed by atoms with E-state index in [4.69, 9.17) is 9.47 Å². The zero-order valence-corrected chi connectivity index (χ0v) is 19.2. The number of rotatable bonds is 7. The predicted molar refractivity (Wildman–Crippen MR) is 120 cm³/mol. The number of fused-ring (bicyclic) bond motifs is 1. The first-order chi connectivity index (χ1) is 14.9. The molecule has 1 saturated carbocycles. The minimum atomic E-state index is -3.75. The van der Waals surface area contributed by atoms with Crippen LogP contribution in [0.3, 0.4) is 0 Å². The summed E-state index contributed by atoms with van der Waals surface area (Å²) >= 11 is 0. The van der Waals surface area contributed by atoms with Crippen LogP contribution in [0.5, 0.6) is 5.88 Å². The number of nitrogens with zero attached hydrogens (tertiary/aromatic N) is 2. The monoisotopic (exact) mass is 445 g/mol. The van der Waals surface area contributed by atoms with Crippen LogP contribution in [0, 0.1) is 0 Å². The van der Waals surface area contributed by atoms with Crippen LogP contribution in [0.2, 0.25) is 0 Å². The number of nitrogens with one attached hydrogen (secondary N) is 1. The fourth-order valence-corrected chi connectivity index (χ4v) is 5.34. The second kappa shape index (κ2) is 9.14. The molecule has 1 aromatic heterocycles. The topological polar surface area (TPSA) is 80.8 Å². The van der Waals surface area contributed by atoms with E-state index in [0.29, 0.717) is 23.6 Å². The maximum atomic E-state index is 13.0. The molecule has 0 bridgehead atoms. The van der Waals surface area contributed by atoms with Crippen molar-refractivity contribution in [3.05, 3.63) is 47.2 Å². The van der Waals surface area contributed by atoms with Crippen molar-refractivity contribution in [1.29, 1.82) is 0 Å². The van der Waals surface area contributed by atoms with Crippen molar-refractivity contribution in [3.63, 3.8) is 0 Å². The largest absolute Gasteiger partial charge is 0.479 e. The van der Waals surface area contributed by atoms with Gasteiger partial charge in [0.2, 0.25) is 5.88 Å². The van der Waals surface area contributed by atoms with Crippen molar-refractivity contribution in [2.75, 3.05) is 38.6 Å². The van der Waals surface area contributed by atoms with E-state index in [0.717, 1.165) is 62.2 Å². The third kappa shape index (κ3) is 4.86. The molecule has 0 unspecified atom stereocenters. The highest BCUT2D eigenvalue weighted by Gasteiger charge is 2.31. The van der Waals surface area contributed by atoms with Gasteiger partial charge >= 0.3 is 0 Å². The van der Waals surface area contributed by atoms with E-state index in [2.05, 4.69) is 21.7 Å². The molecule has 0 atom stereocenters. The molecule has 0 amide bonds. The van der Waals surface area contributed by atoms with Gasteiger partial charge in [-0.3, -0.25) is 4.72 Å². The van der Waals surface area contributed by atoms with E-state index in [1.165, 1.54) is 7.11 Å². The average molecular weight is 446 g/mol. The van der Waals surface area contributed by atoms with E-state index >= 15 is 0 Å². The molecule has 0 spiro atoms. The zero-order chi connectivity index (χ0) is 22.0. The summed E-state index contributed by atoms with van der Waals surface area (Å²) in [4.78, 5) is 7.07. The highest BCUT2D eigenvalue weighted by molar-refractivity contribution is 7.92. The Morgan fingerprint density at radius 2 is 1.87 bits per heavy atom. The van der Waals surface area contributed by atoms with E-state index in [1.807, 2.05) is 25.1 Å². The maximum absolute atomic E-state index is 13.0. The van der Waals surface area contributed by atoms with E-state index in [-0.39, 0.29) is 4.90 Å². The minimum Gasteiger partial charge on any atom is -0.479 e. The summed E-state index contributed by atoms with van der Waals surface area (Å²) in [6.07, 6.45) is 3.96. The summed E-state index contributed by atoms with van der Waals surface area (Å²) < 4.78 is 39.8. The third-order valence-electron chi connectivity index (χ3n) is 6.25. The van der Waals surface area contributed by atoms with Gasteiger partial charge in [-0.15, -0.1) is 0 Å². The molecule has 1 N–H and O–H groups in total. The molecular weight excluding hydrogens is 414 g/mol. The summed E-state index contributed by atoms with van der Waals surface area (Å²) in [5.74, 6) is 0.744.